The number of hydroxylamine groups is 1. The first-order valence-corrected chi connectivity index (χ1v) is 9.99. The number of benzene rings is 3. The summed E-state index contributed by atoms with van der Waals surface area (Å²) in [7, 11) is 1.69. The molecule has 0 bridgehead atoms. The summed E-state index contributed by atoms with van der Waals surface area (Å²) in [4.78, 5) is 16.2. The zero-order valence-electron chi connectivity index (χ0n) is 17.2. The largest absolute Gasteiger partial charge is 0.496 e. The van der Waals surface area contributed by atoms with Gasteiger partial charge in [-0.15, -0.1) is 0 Å². The van der Waals surface area contributed by atoms with Crippen LogP contribution >= 0.6 is 0 Å². The van der Waals surface area contributed by atoms with E-state index in [0.717, 1.165) is 52.3 Å². The maximum atomic E-state index is 11.3. The lowest BCUT2D eigenvalue weighted by Crippen LogP contribution is -2.14. The maximum Gasteiger partial charge on any atom is 0.267 e. The summed E-state index contributed by atoms with van der Waals surface area (Å²) in [6.07, 6.45) is 3.73. The first kappa shape index (κ1) is 20.4. The van der Waals surface area contributed by atoms with Crippen molar-refractivity contribution in [1.82, 2.24) is 15.0 Å². The molecule has 6 nitrogen and oxygen atoms in total. The van der Waals surface area contributed by atoms with Gasteiger partial charge in [-0.25, -0.2) is 10.5 Å². The van der Waals surface area contributed by atoms with Crippen LogP contribution in [0.15, 0.2) is 78.9 Å². The number of amides is 1. The number of hydrogen-bond acceptors (Lipinski definition) is 4. The van der Waals surface area contributed by atoms with E-state index < -0.39 is 5.91 Å². The highest BCUT2D eigenvalue weighted by molar-refractivity contribution is 5.91. The maximum absolute atomic E-state index is 11.3. The molecular weight excluding hydrogens is 390 g/mol. The minimum Gasteiger partial charge on any atom is -0.496 e. The van der Waals surface area contributed by atoms with E-state index in [2.05, 4.69) is 16.7 Å². The van der Waals surface area contributed by atoms with Crippen LogP contribution in [0.2, 0.25) is 0 Å². The molecule has 1 aromatic heterocycles. The Balaban J connectivity index is 1.72. The first-order chi connectivity index (χ1) is 15.2. The zero-order valence-corrected chi connectivity index (χ0v) is 17.2. The van der Waals surface area contributed by atoms with Crippen LogP contribution in [0.1, 0.15) is 11.1 Å². The van der Waals surface area contributed by atoms with Gasteiger partial charge in [0.05, 0.1) is 18.1 Å². The lowest BCUT2D eigenvalue weighted by Gasteiger charge is -2.12. The molecule has 0 radical (unpaired) electrons. The lowest BCUT2D eigenvalue weighted by molar-refractivity contribution is -0.124. The molecule has 156 valence electrons. The van der Waals surface area contributed by atoms with Crippen molar-refractivity contribution in [1.29, 1.82) is 0 Å². The van der Waals surface area contributed by atoms with Crippen LogP contribution in [-0.4, -0.2) is 27.8 Å². The normalized spacial score (nSPS) is 11.2. The van der Waals surface area contributed by atoms with Crippen molar-refractivity contribution in [3.05, 3.63) is 90.0 Å². The number of carbonyl (C=O) groups is 1. The number of carbonyl (C=O) groups excluding carboxylic acids is 1. The van der Waals surface area contributed by atoms with E-state index in [1.807, 2.05) is 60.7 Å². The Labute approximate surface area is 180 Å². The van der Waals surface area contributed by atoms with E-state index in [0.29, 0.717) is 0 Å². The molecular formula is C25H23N3O3. The third-order valence-corrected chi connectivity index (χ3v) is 5.13. The third kappa shape index (κ3) is 4.49. The molecule has 0 atom stereocenters. The summed E-state index contributed by atoms with van der Waals surface area (Å²) in [5, 5.41) is 8.68. The highest BCUT2D eigenvalue weighted by Crippen LogP contribution is 2.27. The quantitative estimate of drug-likeness (QED) is 0.266. The number of aryl methyl sites for hydroxylation is 2. The van der Waals surface area contributed by atoms with Crippen molar-refractivity contribution in [3.8, 4) is 17.1 Å². The zero-order chi connectivity index (χ0) is 21.6. The van der Waals surface area contributed by atoms with E-state index in [9.17, 15) is 4.79 Å². The molecule has 0 aliphatic rings. The van der Waals surface area contributed by atoms with Gasteiger partial charge in [-0.1, -0.05) is 48.5 Å². The highest BCUT2D eigenvalue weighted by atomic mass is 16.5. The van der Waals surface area contributed by atoms with E-state index in [-0.39, 0.29) is 0 Å². The summed E-state index contributed by atoms with van der Waals surface area (Å²) in [6, 6.07) is 23.9. The van der Waals surface area contributed by atoms with Gasteiger partial charge in [0.25, 0.3) is 5.91 Å². The number of methoxy groups -OCH3 is 1. The minimum atomic E-state index is -0.575. The second-order valence-electron chi connectivity index (χ2n) is 7.07. The molecule has 0 fully saturated rings. The van der Waals surface area contributed by atoms with Gasteiger partial charge in [0, 0.05) is 18.2 Å². The lowest BCUT2D eigenvalue weighted by atomic mass is 10.1. The van der Waals surface area contributed by atoms with Crippen LogP contribution < -0.4 is 10.2 Å². The fourth-order valence-electron chi connectivity index (χ4n) is 3.65. The average molecular weight is 413 g/mol. The SMILES string of the molecule is COc1ccccc1CCn1c(-c2cccc(C=CC(=O)NO)c2)nc2ccccc21. The number of nitrogens with zero attached hydrogens (tertiary/aromatic N) is 2. The molecule has 4 aromatic rings. The summed E-state index contributed by atoms with van der Waals surface area (Å²) >= 11 is 0. The van der Waals surface area contributed by atoms with E-state index in [4.69, 9.17) is 14.9 Å². The Hall–Kier alpha value is -3.90. The molecule has 1 heterocycles. The Morgan fingerprint density at radius 3 is 2.74 bits per heavy atom. The molecule has 1 amide bonds. The molecule has 0 aliphatic carbocycles. The number of imidazole rings is 1. The molecule has 0 spiro atoms. The molecule has 0 aliphatic heterocycles. The topological polar surface area (TPSA) is 76.4 Å². The number of rotatable bonds is 7. The van der Waals surface area contributed by atoms with Crippen LogP contribution in [0.25, 0.3) is 28.5 Å². The van der Waals surface area contributed by atoms with Gasteiger partial charge in [-0.2, -0.15) is 0 Å². The van der Waals surface area contributed by atoms with E-state index >= 15 is 0 Å². The monoisotopic (exact) mass is 413 g/mol. The number of ether oxygens (including phenoxy) is 1. The predicted molar refractivity (Wildman–Crippen MR) is 121 cm³/mol. The van der Waals surface area contributed by atoms with Crippen LogP contribution in [-0.2, 0) is 17.8 Å². The van der Waals surface area contributed by atoms with Crippen LogP contribution in [0, 0.1) is 0 Å². The van der Waals surface area contributed by atoms with Gasteiger partial charge < -0.3 is 9.30 Å². The second kappa shape index (κ2) is 9.28. The Morgan fingerprint density at radius 2 is 1.90 bits per heavy atom. The molecule has 6 heteroatoms. The third-order valence-electron chi connectivity index (χ3n) is 5.13. The molecule has 3 aromatic carbocycles. The van der Waals surface area contributed by atoms with Gasteiger partial charge in [0.1, 0.15) is 11.6 Å². The Bertz CT molecular complexity index is 1240. The number of fused-ring (bicyclic) bond motifs is 1. The molecule has 4 rings (SSSR count). The van der Waals surface area contributed by atoms with Gasteiger partial charge in [0.2, 0.25) is 0 Å². The molecule has 0 saturated heterocycles. The van der Waals surface area contributed by atoms with Gasteiger partial charge in [0.15, 0.2) is 0 Å². The molecule has 0 unspecified atom stereocenters. The molecule has 0 saturated carbocycles. The van der Waals surface area contributed by atoms with Crippen molar-refractivity contribution in [2.45, 2.75) is 13.0 Å². The fraction of sp³-hybridized carbons (Fsp3) is 0.120. The summed E-state index contributed by atoms with van der Waals surface area (Å²) in [5.74, 6) is 1.16. The number of aromatic nitrogens is 2. The minimum absolute atomic E-state index is 0.575. The Kier molecular flexibility index (Phi) is 6.10. The first-order valence-electron chi connectivity index (χ1n) is 9.99. The van der Waals surface area contributed by atoms with Crippen LogP contribution in [0.3, 0.4) is 0 Å². The van der Waals surface area contributed by atoms with E-state index in [1.165, 1.54) is 6.08 Å². The van der Waals surface area contributed by atoms with Gasteiger partial charge in [-0.05, 0) is 47.9 Å². The highest BCUT2D eigenvalue weighted by Gasteiger charge is 2.13. The summed E-state index contributed by atoms with van der Waals surface area (Å²) in [6.45, 7) is 0.739. The number of nitrogens with one attached hydrogen (secondary N) is 1. The predicted octanol–water partition coefficient (Wildman–Crippen LogP) is 4.47. The van der Waals surface area contributed by atoms with Crippen LogP contribution in [0.4, 0.5) is 0 Å². The van der Waals surface area contributed by atoms with Crippen molar-refractivity contribution >= 4 is 23.0 Å². The van der Waals surface area contributed by atoms with Crippen molar-refractivity contribution in [3.63, 3.8) is 0 Å². The van der Waals surface area contributed by atoms with Gasteiger partial charge in [-0.3, -0.25) is 10.0 Å². The van der Waals surface area contributed by atoms with Crippen molar-refractivity contribution in [2.75, 3.05) is 7.11 Å². The van der Waals surface area contributed by atoms with Crippen LogP contribution in [0.5, 0.6) is 5.75 Å². The van der Waals surface area contributed by atoms with Crippen molar-refractivity contribution in [2.24, 2.45) is 0 Å². The van der Waals surface area contributed by atoms with E-state index in [1.54, 1.807) is 18.7 Å². The van der Waals surface area contributed by atoms with Gasteiger partial charge >= 0.3 is 0 Å². The number of hydrogen-bond donors (Lipinski definition) is 2. The molecule has 2 N–H and O–H groups in total. The summed E-state index contributed by atoms with van der Waals surface area (Å²) in [5.41, 5.74) is 6.51. The second-order valence-corrected chi connectivity index (χ2v) is 7.07. The molecule has 31 heavy (non-hydrogen) atoms. The Morgan fingerprint density at radius 1 is 1.10 bits per heavy atom. The van der Waals surface area contributed by atoms with Crippen molar-refractivity contribution < 1.29 is 14.7 Å². The smallest absolute Gasteiger partial charge is 0.267 e. The number of para-hydroxylation sites is 3. The fourth-order valence-corrected chi connectivity index (χ4v) is 3.65. The average Bonchev–Trinajstić information content (AvgIpc) is 3.20. The standard InChI is InChI=1S/C25H23N3O3/c1-31-23-12-5-2-8-19(23)15-16-28-22-11-4-3-10-21(22)26-25(28)20-9-6-7-18(17-20)13-14-24(29)27-30/h2-14,17,30H,15-16H2,1H3,(H,27,29). The summed E-state index contributed by atoms with van der Waals surface area (Å²) < 4.78 is 7.72.